The zero-order valence-corrected chi connectivity index (χ0v) is 23.8. The van der Waals surface area contributed by atoms with Gasteiger partial charge in [-0.3, -0.25) is 9.79 Å². The maximum absolute atomic E-state index is 13.5. The molecule has 204 valence electrons. The second-order valence-electron chi connectivity index (χ2n) is 9.10. The van der Waals surface area contributed by atoms with Gasteiger partial charge in [0.05, 0.1) is 35.0 Å². The molecule has 2 aromatic rings. The molecule has 10 heteroatoms. The lowest BCUT2D eigenvalue weighted by atomic mass is 9.88. The predicted octanol–water partition coefficient (Wildman–Crippen LogP) is 5.95. The van der Waals surface area contributed by atoms with Crippen LogP contribution in [0.15, 0.2) is 58.5 Å². The zero-order chi connectivity index (χ0) is 26.7. The molecule has 2 unspecified atom stereocenters. The number of para-hydroxylation sites is 1. The van der Waals surface area contributed by atoms with Crippen LogP contribution in [0, 0.1) is 5.92 Å². The first kappa shape index (κ1) is 28.9. The Morgan fingerprint density at radius 3 is 2.55 bits per heavy atom. The Bertz CT molecular complexity index is 1130. The van der Waals surface area contributed by atoms with E-state index in [1.807, 2.05) is 42.7 Å². The van der Waals surface area contributed by atoms with E-state index in [4.69, 9.17) is 42.4 Å². The summed E-state index contributed by atoms with van der Waals surface area (Å²) in [6, 6.07) is 14.1. The number of ether oxygens (including phenoxy) is 3. The van der Waals surface area contributed by atoms with Crippen molar-refractivity contribution in [1.82, 2.24) is 4.90 Å². The molecule has 0 amide bonds. The van der Waals surface area contributed by atoms with E-state index in [9.17, 15) is 4.79 Å². The van der Waals surface area contributed by atoms with E-state index in [1.54, 1.807) is 12.1 Å². The number of benzene rings is 2. The van der Waals surface area contributed by atoms with Gasteiger partial charge in [-0.15, -0.1) is 0 Å². The highest BCUT2D eigenvalue weighted by molar-refractivity contribution is 8.13. The van der Waals surface area contributed by atoms with Gasteiger partial charge in [-0.2, -0.15) is 0 Å². The van der Waals surface area contributed by atoms with E-state index in [0.717, 1.165) is 25.2 Å². The topological polar surface area (TPSA) is 72.7 Å². The lowest BCUT2D eigenvalue weighted by Crippen LogP contribution is -2.38. The number of halogens is 2. The van der Waals surface area contributed by atoms with Crippen LogP contribution in [0.5, 0.6) is 5.75 Å². The molecule has 7 nitrogen and oxygen atoms in total. The number of hydrogen-bond donors (Lipinski definition) is 0. The van der Waals surface area contributed by atoms with Crippen LogP contribution in [0.1, 0.15) is 30.9 Å². The second-order valence-corrected chi connectivity index (χ2v) is 10.7. The molecule has 1 fully saturated rings. The van der Waals surface area contributed by atoms with Crippen molar-refractivity contribution in [3.05, 3.63) is 64.1 Å². The lowest BCUT2D eigenvalue weighted by Gasteiger charge is -2.29. The monoisotopic (exact) mass is 577 g/mol. The fourth-order valence-electron chi connectivity index (χ4n) is 4.51. The van der Waals surface area contributed by atoms with Crippen LogP contribution >= 0.6 is 35.0 Å². The van der Waals surface area contributed by atoms with Crippen LogP contribution in [-0.2, 0) is 14.3 Å². The molecule has 0 N–H and O–H groups in total. The number of likely N-dealkylation sites (tertiary alicyclic amines) is 1. The summed E-state index contributed by atoms with van der Waals surface area (Å²) in [6.07, 6.45) is 5.66. The van der Waals surface area contributed by atoms with Gasteiger partial charge in [0.1, 0.15) is 24.9 Å². The molecule has 0 saturated carbocycles. The highest BCUT2D eigenvalue weighted by Crippen LogP contribution is 2.36. The minimum Gasteiger partial charge on any atom is -0.490 e. The fourth-order valence-corrected chi connectivity index (χ4v) is 5.24. The molecular formula is C28H33Cl2N3O4S. The highest BCUT2D eigenvalue weighted by Gasteiger charge is 2.38. The van der Waals surface area contributed by atoms with Crippen molar-refractivity contribution in [1.29, 1.82) is 0 Å². The summed E-state index contributed by atoms with van der Waals surface area (Å²) in [5.74, 6) is -0.469. The van der Waals surface area contributed by atoms with Crippen molar-refractivity contribution in [3.63, 3.8) is 0 Å². The van der Waals surface area contributed by atoms with Crippen LogP contribution in [-0.4, -0.2) is 74.1 Å². The van der Waals surface area contributed by atoms with Crippen molar-refractivity contribution in [2.24, 2.45) is 15.9 Å². The Labute approximate surface area is 238 Å². The summed E-state index contributed by atoms with van der Waals surface area (Å²) < 4.78 is 17.4. The first-order chi connectivity index (χ1) is 18.5. The van der Waals surface area contributed by atoms with Gasteiger partial charge >= 0.3 is 5.97 Å². The van der Waals surface area contributed by atoms with Crippen molar-refractivity contribution in [2.75, 3.05) is 52.3 Å². The predicted molar refractivity (Wildman–Crippen MR) is 155 cm³/mol. The number of esters is 1. The zero-order valence-electron chi connectivity index (χ0n) is 21.5. The summed E-state index contributed by atoms with van der Waals surface area (Å²) in [7, 11) is 0. The summed E-state index contributed by atoms with van der Waals surface area (Å²) in [5.41, 5.74) is 1.35. The number of thioether (sulfide) groups is 1. The molecule has 0 radical (unpaired) electrons. The van der Waals surface area contributed by atoms with Crippen LogP contribution in [0.3, 0.4) is 0 Å². The molecule has 2 atom stereocenters. The van der Waals surface area contributed by atoms with E-state index < -0.39 is 17.9 Å². The van der Waals surface area contributed by atoms with Crippen LogP contribution < -0.4 is 4.74 Å². The molecule has 1 saturated heterocycles. The quantitative estimate of drug-likeness (QED) is 0.243. The van der Waals surface area contributed by atoms with Gasteiger partial charge in [0.2, 0.25) is 0 Å². The molecule has 0 bridgehead atoms. The van der Waals surface area contributed by atoms with Crippen LogP contribution in [0.4, 0.5) is 0 Å². The average molecular weight is 579 g/mol. The van der Waals surface area contributed by atoms with Gasteiger partial charge in [-0.1, -0.05) is 65.7 Å². The number of hydrogen-bond acceptors (Lipinski definition) is 8. The molecule has 0 aliphatic carbocycles. The maximum Gasteiger partial charge on any atom is 0.317 e. The fraction of sp³-hybridized carbons (Fsp3) is 0.464. The number of amidine groups is 1. The minimum absolute atomic E-state index is 0.0977. The van der Waals surface area contributed by atoms with Crippen molar-refractivity contribution < 1.29 is 19.0 Å². The molecule has 2 heterocycles. The van der Waals surface area contributed by atoms with Crippen LogP contribution in [0.2, 0.25) is 10.0 Å². The van der Waals surface area contributed by atoms with Crippen molar-refractivity contribution in [3.8, 4) is 5.75 Å². The molecule has 2 aliphatic heterocycles. The molecule has 4 rings (SSSR count). The number of piperidine rings is 1. The summed E-state index contributed by atoms with van der Waals surface area (Å²) in [6.45, 7) is 4.18. The van der Waals surface area contributed by atoms with Gasteiger partial charge in [0, 0.05) is 6.54 Å². The number of rotatable bonds is 11. The number of carbonyl (C=O) groups excluding carboxylic acids is 1. The number of aliphatic imine (C=N–C) groups is 2. The Morgan fingerprint density at radius 1 is 1.03 bits per heavy atom. The maximum atomic E-state index is 13.5. The Hall–Kier alpha value is -2.10. The van der Waals surface area contributed by atoms with E-state index >= 15 is 0 Å². The van der Waals surface area contributed by atoms with E-state index in [0.29, 0.717) is 33.3 Å². The lowest BCUT2D eigenvalue weighted by molar-refractivity contribution is -0.147. The standard InChI is InChI=1S/C28H33Cl2N3O4S/c1-38-28-31-24(19-35-15-14-33-12-6-3-7-13-33)25(26(32-28)20-10-11-22(29)23(30)18-20)27(34)37-17-16-36-21-8-4-2-5-9-21/h2,4-5,8-11,18,25-26H,3,6-7,12-17,19H2,1H3. The molecule has 2 aromatic carbocycles. The SMILES string of the molecule is CSC1=NC(c2ccc(Cl)c(Cl)c2)C(C(=O)OCCOc2ccccc2)C(COCCN2CCCCC2)=N1. The van der Waals surface area contributed by atoms with Gasteiger partial charge < -0.3 is 19.1 Å². The van der Waals surface area contributed by atoms with Crippen LogP contribution in [0.25, 0.3) is 0 Å². The highest BCUT2D eigenvalue weighted by atomic mass is 35.5. The normalized spacial score (nSPS) is 20.0. The summed E-state index contributed by atoms with van der Waals surface area (Å²) in [5, 5.41) is 1.41. The molecular weight excluding hydrogens is 545 g/mol. The van der Waals surface area contributed by atoms with Gasteiger partial charge in [-0.05, 0) is 62.0 Å². The molecule has 0 aromatic heterocycles. The number of nitrogens with zero attached hydrogens (tertiary/aromatic N) is 3. The second kappa shape index (κ2) is 14.9. The first-order valence-electron chi connectivity index (χ1n) is 12.8. The Kier molecular flexibility index (Phi) is 11.3. The smallest absolute Gasteiger partial charge is 0.317 e. The molecule has 38 heavy (non-hydrogen) atoms. The van der Waals surface area contributed by atoms with E-state index in [-0.39, 0.29) is 19.8 Å². The average Bonchev–Trinajstić information content (AvgIpc) is 2.95. The third-order valence-electron chi connectivity index (χ3n) is 6.48. The number of carbonyl (C=O) groups is 1. The molecule has 0 spiro atoms. The summed E-state index contributed by atoms with van der Waals surface area (Å²) >= 11 is 13.9. The van der Waals surface area contributed by atoms with Gasteiger partial charge in [0.25, 0.3) is 0 Å². The molecule has 2 aliphatic rings. The largest absolute Gasteiger partial charge is 0.490 e. The van der Waals surface area contributed by atoms with Crippen molar-refractivity contribution >= 4 is 51.8 Å². The van der Waals surface area contributed by atoms with Gasteiger partial charge in [-0.25, -0.2) is 4.99 Å². The van der Waals surface area contributed by atoms with E-state index in [2.05, 4.69) is 9.89 Å². The third kappa shape index (κ3) is 8.20. The first-order valence-corrected chi connectivity index (χ1v) is 14.8. The van der Waals surface area contributed by atoms with Crippen molar-refractivity contribution in [2.45, 2.75) is 25.3 Å². The van der Waals surface area contributed by atoms with E-state index in [1.165, 1.54) is 31.0 Å². The van der Waals surface area contributed by atoms with Gasteiger partial charge in [0.15, 0.2) is 5.17 Å². The third-order valence-corrected chi connectivity index (χ3v) is 7.78. The minimum atomic E-state index is -0.755. The Morgan fingerprint density at radius 2 is 1.82 bits per heavy atom. The Balaban J connectivity index is 1.46. The summed E-state index contributed by atoms with van der Waals surface area (Å²) in [4.78, 5) is 25.3.